The molecular formula is C7H10O5. The Balaban J connectivity index is 2.59. The fraction of sp³-hybridized carbons (Fsp3) is 0.714. The summed E-state index contributed by atoms with van der Waals surface area (Å²) in [5.41, 5.74) is -1.14. The molecule has 0 aliphatic carbocycles. The average Bonchev–Trinajstić information content (AvgIpc) is 2.76. The van der Waals surface area contributed by atoms with Crippen molar-refractivity contribution in [3.05, 3.63) is 0 Å². The molecule has 0 radical (unpaired) electrons. The van der Waals surface area contributed by atoms with Crippen molar-refractivity contribution >= 4 is 11.9 Å². The molecule has 12 heavy (non-hydrogen) atoms. The molecule has 0 aromatic carbocycles. The minimum atomic E-state index is -1.14. The molecule has 0 spiro atoms. The topological polar surface area (TPSA) is 65.1 Å². The van der Waals surface area contributed by atoms with Gasteiger partial charge in [0.15, 0.2) is 11.7 Å². The largest absolute Gasteiger partial charge is 0.467 e. The van der Waals surface area contributed by atoms with Gasteiger partial charge in [-0.2, -0.15) is 0 Å². The highest BCUT2D eigenvalue weighted by Gasteiger charge is 2.64. The van der Waals surface area contributed by atoms with Crippen molar-refractivity contribution in [1.29, 1.82) is 0 Å². The monoisotopic (exact) mass is 174 g/mol. The number of methoxy groups -OCH3 is 2. The van der Waals surface area contributed by atoms with Crippen LogP contribution in [0.5, 0.6) is 0 Å². The number of rotatable bonds is 2. The zero-order valence-corrected chi connectivity index (χ0v) is 7.12. The number of hydrogen-bond acceptors (Lipinski definition) is 5. The third-order valence-corrected chi connectivity index (χ3v) is 1.81. The number of epoxide rings is 1. The second-order valence-electron chi connectivity index (χ2n) is 2.62. The van der Waals surface area contributed by atoms with Crippen LogP contribution in [0.4, 0.5) is 0 Å². The van der Waals surface area contributed by atoms with E-state index in [4.69, 9.17) is 4.74 Å². The van der Waals surface area contributed by atoms with E-state index in [-0.39, 0.29) is 0 Å². The molecule has 1 fully saturated rings. The van der Waals surface area contributed by atoms with Gasteiger partial charge in [0, 0.05) is 0 Å². The van der Waals surface area contributed by atoms with E-state index in [9.17, 15) is 9.59 Å². The zero-order chi connectivity index (χ0) is 9.35. The molecular weight excluding hydrogens is 164 g/mol. The first kappa shape index (κ1) is 8.99. The molecule has 1 aliphatic rings. The van der Waals surface area contributed by atoms with Crippen molar-refractivity contribution in [1.82, 2.24) is 0 Å². The predicted octanol–water partition coefficient (Wildman–Crippen LogP) is -0.510. The van der Waals surface area contributed by atoms with Gasteiger partial charge in [0.1, 0.15) is 0 Å². The van der Waals surface area contributed by atoms with Crippen LogP contribution in [0, 0.1) is 0 Å². The Bertz CT molecular complexity index is 224. The smallest absolute Gasteiger partial charge is 0.341 e. The SMILES string of the molecule is COC(=O)C1OC1(C)C(=O)OC. The highest BCUT2D eigenvalue weighted by atomic mass is 16.7. The maximum Gasteiger partial charge on any atom is 0.341 e. The molecule has 2 atom stereocenters. The van der Waals surface area contributed by atoms with Gasteiger partial charge in [0.25, 0.3) is 0 Å². The van der Waals surface area contributed by atoms with Gasteiger partial charge in [0.2, 0.25) is 0 Å². The quantitative estimate of drug-likeness (QED) is 0.416. The van der Waals surface area contributed by atoms with Gasteiger partial charge >= 0.3 is 11.9 Å². The zero-order valence-electron chi connectivity index (χ0n) is 7.12. The summed E-state index contributed by atoms with van der Waals surface area (Å²) in [5.74, 6) is -1.11. The first-order valence-corrected chi connectivity index (χ1v) is 3.40. The summed E-state index contributed by atoms with van der Waals surface area (Å²) in [6.45, 7) is 1.49. The number of hydrogen-bond donors (Lipinski definition) is 0. The third kappa shape index (κ3) is 1.16. The highest BCUT2D eigenvalue weighted by Crippen LogP contribution is 2.37. The second-order valence-corrected chi connectivity index (χ2v) is 2.62. The minimum absolute atomic E-state index is 0.553. The fourth-order valence-electron chi connectivity index (χ4n) is 0.949. The summed E-state index contributed by atoms with van der Waals surface area (Å²) in [6, 6.07) is 0. The Hall–Kier alpha value is -1.10. The number of ether oxygens (including phenoxy) is 3. The van der Waals surface area contributed by atoms with Crippen LogP contribution in [0.1, 0.15) is 6.92 Å². The van der Waals surface area contributed by atoms with Gasteiger partial charge < -0.3 is 14.2 Å². The molecule has 0 aromatic rings. The maximum atomic E-state index is 11.0. The molecule has 5 heteroatoms. The van der Waals surface area contributed by atoms with E-state index in [0.717, 1.165) is 0 Å². The lowest BCUT2D eigenvalue weighted by molar-refractivity contribution is -0.147. The average molecular weight is 174 g/mol. The van der Waals surface area contributed by atoms with Crippen LogP contribution in [0.15, 0.2) is 0 Å². The van der Waals surface area contributed by atoms with Crippen LogP contribution < -0.4 is 0 Å². The number of carbonyl (C=O) groups excluding carboxylic acids is 2. The predicted molar refractivity (Wildman–Crippen MR) is 37.3 cm³/mol. The molecule has 5 nitrogen and oxygen atoms in total. The Morgan fingerprint density at radius 2 is 1.92 bits per heavy atom. The van der Waals surface area contributed by atoms with E-state index < -0.39 is 23.6 Å². The second kappa shape index (κ2) is 2.75. The molecule has 68 valence electrons. The molecule has 0 saturated carbocycles. The summed E-state index contributed by atoms with van der Waals surface area (Å²) in [5, 5.41) is 0. The van der Waals surface area contributed by atoms with Crippen LogP contribution in [0.25, 0.3) is 0 Å². The van der Waals surface area contributed by atoms with Gasteiger partial charge in [0.05, 0.1) is 14.2 Å². The molecule has 0 bridgehead atoms. The number of carbonyl (C=O) groups is 2. The Morgan fingerprint density at radius 1 is 1.33 bits per heavy atom. The van der Waals surface area contributed by atoms with E-state index in [1.54, 1.807) is 0 Å². The summed E-state index contributed by atoms with van der Waals surface area (Å²) >= 11 is 0. The van der Waals surface area contributed by atoms with Crippen molar-refractivity contribution in [3.8, 4) is 0 Å². The van der Waals surface area contributed by atoms with Crippen molar-refractivity contribution < 1.29 is 23.8 Å². The van der Waals surface area contributed by atoms with Crippen LogP contribution >= 0.6 is 0 Å². The Morgan fingerprint density at radius 3 is 2.33 bits per heavy atom. The third-order valence-electron chi connectivity index (χ3n) is 1.81. The minimum Gasteiger partial charge on any atom is -0.467 e. The first-order valence-electron chi connectivity index (χ1n) is 3.40. The van der Waals surface area contributed by atoms with E-state index in [1.165, 1.54) is 21.1 Å². The number of esters is 2. The Labute approximate surface area is 69.6 Å². The van der Waals surface area contributed by atoms with Crippen LogP contribution in [0.3, 0.4) is 0 Å². The van der Waals surface area contributed by atoms with E-state index in [2.05, 4.69) is 9.47 Å². The highest BCUT2D eigenvalue weighted by molar-refractivity contribution is 5.93. The van der Waals surface area contributed by atoms with Crippen molar-refractivity contribution in [2.45, 2.75) is 18.6 Å². The molecule has 1 aliphatic heterocycles. The first-order chi connectivity index (χ1) is 5.56. The van der Waals surface area contributed by atoms with E-state index in [1.807, 2.05) is 0 Å². The Kier molecular flexibility index (Phi) is 2.06. The molecule has 1 rings (SSSR count). The maximum absolute atomic E-state index is 11.0. The van der Waals surface area contributed by atoms with Crippen molar-refractivity contribution in [3.63, 3.8) is 0 Å². The van der Waals surface area contributed by atoms with Crippen molar-refractivity contribution in [2.75, 3.05) is 14.2 Å². The molecule has 0 N–H and O–H groups in total. The van der Waals surface area contributed by atoms with E-state index in [0.29, 0.717) is 0 Å². The van der Waals surface area contributed by atoms with Crippen LogP contribution in [-0.4, -0.2) is 37.9 Å². The molecule has 1 heterocycles. The van der Waals surface area contributed by atoms with Gasteiger partial charge in [-0.15, -0.1) is 0 Å². The van der Waals surface area contributed by atoms with Gasteiger partial charge in [-0.3, -0.25) is 0 Å². The van der Waals surface area contributed by atoms with Crippen LogP contribution in [-0.2, 0) is 23.8 Å². The van der Waals surface area contributed by atoms with Gasteiger partial charge in [-0.25, -0.2) is 9.59 Å². The van der Waals surface area contributed by atoms with Crippen molar-refractivity contribution in [2.24, 2.45) is 0 Å². The van der Waals surface area contributed by atoms with Crippen LogP contribution in [0.2, 0.25) is 0 Å². The molecule has 2 unspecified atom stereocenters. The molecule has 1 saturated heterocycles. The summed E-state index contributed by atoms with van der Waals surface area (Å²) in [6.07, 6.45) is -0.810. The fourth-order valence-corrected chi connectivity index (χ4v) is 0.949. The molecule has 0 amide bonds. The summed E-state index contributed by atoms with van der Waals surface area (Å²) in [4.78, 5) is 21.8. The lowest BCUT2D eigenvalue weighted by atomic mass is 10.1. The van der Waals surface area contributed by atoms with Gasteiger partial charge in [-0.1, -0.05) is 0 Å². The lowest BCUT2D eigenvalue weighted by Crippen LogP contribution is -2.28. The normalized spacial score (nSPS) is 32.4. The van der Waals surface area contributed by atoms with Gasteiger partial charge in [-0.05, 0) is 6.92 Å². The lowest BCUT2D eigenvalue weighted by Gasteiger charge is -2.01. The van der Waals surface area contributed by atoms with E-state index >= 15 is 0 Å². The summed E-state index contributed by atoms with van der Waals surface area (Å²) in [7, 11) is 2.48. The molecule has 0 aromatic heterocycles. The summed E-state index contributed by atoms with van der Waals surface area (Å²) < 4.78 is 13.7. The standard InChI is InChI=1S/C7H10O5/c1-7(6(9)11-3)4(12-7)5(8)10-2/h4H,1-3H3.